The summed E-state index contributed by atoms with van der Waals surface area (Å²) in [6.07, 6.45) is 14.2. The van der Waals surface area contributed by atoms with Gasteiger partial charge in [-0.2, -0.15) is 0 Å². The third-order valence-corrected chi connectivity index (χ3v) is 18.4. The average molecular weight is 814 g/mol. The number of aliphatic hydroxyl groups is 1. The minimum Gasteiger partial charge on any atom is -0.462 e. The number of rotatable bonds is 10. The number of carbonyl (C=O) groups excluding carboxylic acids is 2. The molecule has 6 heteroatoms. The third kappa shape index (κ3) is 7.60. The summed E-state index contributed by atoms with van der Waals surface area (Å²) in [5.41, 5.74) is 6.48. The van der Waals surface area contributed by atoms with Crippen LogP contribution in [-0.2, 0) is 38.4 Å². The van der Waals surface area contributed by atoms with E-state index in [1.807, 2.05) is 20.8 Å². The Morgan fingerprint density at radius 1 is 0.864 bits per heavy atom. The number of nitrogens with zero attached hydrogens (tertiary/aromatic N) is 1. The fourth-order valence-corrected chi connectivity index (χ4v) is 15.2. The zero-order valence-corrected chi connectivity index (χ0v) is 39.7. The number of β-amino-alcohol motifs (C(OH)–C–C–N with tert-alkyl or cyclic N) is 1. The van der Waals surface area contributed by atoms with Gasteiger partial charge >= 0.3 is 11.9 Å². The molecular formula is C53H83NO5. The molecule has 1 N–H and O–H groups in total. The molecule has 5 aliphatic carbocycles. The van der Waals surface area contributed by atoms with Gasteiger partial charge in [0.2, 0.25) is 0 Å². The van der Waals surface area contributed by atoms with Crippen LogP contribution in [0.2, 0.25) is 0 Å². The summed E-state index contributed by atoms with van der Waals surface area (Å²) >= 11 is 0. The molecule has 0 radical (unpaired) electrons. The SMILES string of the molecule is CCCc1ccc2c(c1)CN(C[C@H](O)[C@]13CCC(C(C)C)=C1[C@H]1CC[C@@H]4[C@@]5(C)CC[C@H](OC(=O)CC(C)(C)C(=O)OC(C)(C)C)C(C)(C)[C@@H]5CC[C@@]4(C)[C@]1(C)CC3)CC2. The summed E-state index contributed by atoms with van der Waals surface area (Å²) in [5.74, 6) is 1.43. The molecule has 0 bridgehead atoms. The second-order valence-corrected chi connectivity index (χ2v) is 24.1. The highest BCUT2D eigenvalue weighted by Crippen LogP contribution is 2.77. The molecule has 0 unspecified atom stereocenters. The van der Waals surface area contributed by atoms with Crippen molar-refractivity contribution in [2.45, 2.75) is 204 Å². The first-order chi connectivity index (χ1) is 27.4. The minimum absolute atomic E-state index is 0.0210. The lowest BCUT2D eigenvalue weighted by Gasteiger charge is -2.72. The maximum absolute atomic E-state index is 13.6. The molecule has 1 heterocycles. The standard InChI is InChI=1S/C53H83NO5/c1-14-15-35-16-17-36-23-29-54(32-37(36)30-35)33-42(55)53-26-20-38(34(2)3)45(53)39-18-19-41-50(11)24-22-43(58-44(56)31-48(7,8)46(57)59-47(4,5)6)49(9,10)40(50)21-25-52(41,13)51(39,12)27-28-53/h16-17,30,34,39-43,55H,14-15,18-29,31-33H2,1-13H3/t39-,40+,41-,42+,43+,50+,51-,52-,53-/m1/s1. The van der Waals surface area contributed by atoms with Gasteiger partial charge in [-0.1, -0.05) is 91.2 Å². The number of aliphatic hydroxyl groups excluding tert-OH is 1. The number of fused-ring (bicyclic) bond motifs is 8. The van der Waals surface area contributed by atoms with Crippen molar-refractivity contribution in [2.75, 3.05) is 13.1 Å². The summed E-state index contributed by atoms with van der Waals surface area (Å²) in [7, 11) is 0. The molecule has 1 aliphatic heterocycles. The smallest absolute Gasteiger partial charge is 0.312 e. The molecule has 0 amide bonds. The van der Waals surface area contributed by atoms with Crippen molar-refractivity contribution >= 4 is 11.9 Å². The summed E-state index contributed by atoms with van der Waals surface area (Å²) in [6.45, 7) is 31.7. The van der Waals surface area contributed by atoms with Gasteiger partial charge in [-0.25, -0.2) is 0 Å². The van der Waals surface area contributed by atoms with Crippen LogP contribution >= 0.6 is 0 Å². The van der Waals surface area contributed by atoms with Crippen molar-refractivity contribution in [1.29, 1.82) is 0 Å². The lowest BCUT2D eigenvalue weighted by molar-refractivity contribution is -0.235. The second-order valence-electron chi connectivity index (χ2n) is 24.1. The molecule has 4 fully saturated rings. The van der Waals surface area contributed by atoms with Gasteiger partial charge in [-0.05, 0) is 168 Å². The molecule has 9 atom stereocenters. The van der Waals surface area contributed by atoms with Crippen LogP contribution in [0.5, 0.6) is 0 Å². The van der Waals surface area contributed by atoms with E-state index in [9.17, 15) is 14.7 Å². The molecular weight excluding hydrogens is 731 g/mol. The molecule has 4 saturated carbocycles. The molecule has 59 heavy (non-hydrogen) atoms. The first-order valence-electron chi connectivity index (χ1n) is 24.1. The van der Waals surface area contributed by atoms with E-state index in [-0.39, 0.29) is 57.6 Å². The Morgan fingerprint density at radius 2 is 1.59 bits per heavy atom. The molecule has 1 aromatic carbocycles. The highest BCUT2D eigenvalue weighted by Gasteiger charge is 2.70. The molecule has 0 aromatic heterocycles. The van der Waals surface area contributed by atoms with Crippen LogP contribution in [0.25, 0.3) is 0 Å². The molecule has 6 nitrogen and oxygen atoms in total. The number of hydrogen-bond donors (Lipinski definition) is 1. The molecule has 0 spiro atoms. The molecule has 1 aromatic rings. The zero-order valence-electron chi connectivity index (χ0n) is 39.7. The van der Waals surface area contributed by atoms with Gasteiger partial charge in [0, 0.05) is 30.5 Å². The van der Waals surface area contributed by atoms with Gasteiger partial charge in [0.1, 0.15) is 11.7 Å². The monoisotopic (exact) mass is 814 g/mol. The fraction of sp³-hybridized carbons (Fsp3) is 0.811. The largest absolute Gasteiger partial charge is 0.462 e. The minimum atomic E-state index is -0.950. The summed E-state index contributed by atoms with van der Waals surface area (Å²) in [6, 6.07) is 7.15. The highest BCUT2D eigenvalue weighted by molar-refractivity contribution is 5.83. The first kappa shape index (κ1) is 44.9. The summed E-state index contributed by atoms with van der Waals surface area (Å²) in [4.78, 5) is 29.2. The highest BCUT2D eigenvalue weighted by atomic mass is 16.6. The number of esters is 2. The van der Waals surface area contributed by atoms with Gasteiger partial charge < -0.3 is 14.6 Å². The van der Waals surface area contributed by atoms with Crippen molar-refractivity contribution in [2.24, 2.45) is 56.2 Å². The van der Waals surface area contributed by atoms with Crippen LogP contribution in [0.4, 0.5) is 0 Å². The van der Waals surface area contributed by atoms with Crippen LogP contribution in [0.1, 0.15) is 184 Å². The van der Waals surface area contributed by atoms with Crippen molar-refractivity contribution in [3.8, 4) is 0 Å². The molecule has 6 aliphatic rings. The lowest BCUT2D eigenvalue weighted by Crippen LogP contribution is -2.66. The van der Waals surface area contributed by atoms with Crippen molar-refractivity contribution in [1.82, 2.24) is 4.90 Å². The number of aryl methyl sites for hydroxylation is 1. The third-order valence-electron chi connectivity index (χ3n) is 18.4. The Balaban J connectivity index is 1.09. The van der Waals surface area contributed by atoms with Crippen molar-refractivity contribution in [3.63, 3.8) is 0 Å². The summed E-state index contributed by atoms with van der Waals surface area (Å²) < 4.78 is 12.1. The van der Waals surface area contributed by atoms with Gasteiger partial charge in [0.15, 0.2) is 0 Å². The van der Waals surface area contributed by atoms with E-state index >= 15 is 0 Å². The van der Waals surface area contributed by atoms with Gasteiger partial charge in [-0.3, -0.25) is 14.5 Å². The van der Waals surface area contributed by atoms with Gasteiger partial charge in [0.05, 0.1) is 17.9 Å². The number of carbonyl (C=O) groups is 2. The van der Waals surface area contributed by atoms with Crippen LogP contribution in [0, 0.1) is 56.2 Å². The number of benzene rings is 1. The first-order valence-corrected chi connectivity index (χ1v) is 24.1. The van der Waals surface area contributed by atoms with Crippen molar-refractivity contribution in [3.05, 3.63) is 46.0 Å². The Morgan fingerprint density at radius 3 is 2.27 bits per heavy atom. The predicted molar refractivity (Wildman–Crippen MR) is 239 cm³/mol. The van der Waals surface area contributed by atoms with E-state index in [1.165, 1.54) is 48.8 Å². The normalized spacial score (nSPS) is 36.2. The summed E-state index contributed by atoms with van der Waals surface area (Å²) in [5, 5.41) is 12.7. The molecule has 330 valence electrons. The van der Waals surface area contributed by atoms with Crippen LogP contribution in [0.3, 0.4) is 0 Å². The van der Waals surface area contributed by atoms with Gasteiger partial charge in [-0.15, -0.1) is 0 Å². The van der Waals surface area contributed by atoms with E-state index in [0.717, 1.165) is 71.0 Å². The molecule has 7 rings (SSSR count). The Bertz CT molecular complexity index is 1800. The van der Waals surface area contributed by atoms with Crippen LogP contribution in [-0.4, -0.2) is 52.8 Å². The van der Waals surface area contributed by atoms with E-state index in [0.29, 0.717) is 23.7 Å². The van der Waals surface area contributed by atoms with E-state index < -0.39 is 11.0 Å². The second kappa shape index (κ2) is 15.6. The van der Waals surface area contributed by atoms with E-state index in [1.54, 1.807) is 25.0 Å². The fourth-order valence-electron chi connectivity index (χ4n) is 15.2. The maximum Gasteiger partial charge on any atom is 0.312 e. The average Bonchev–Trinajstić information content (AvgIpc) is 3.54. The van der Waals surface area contributed by atoms with Crippen molar-refractivity contribution < 1.29 is 24.2 Å². The Labute approximate surface area is 359 Å². The topological polar surface area (TPSA) is 76.1 Å². The molecule has 0 saturated heterocycles. The predicted octanol–water partition coefficient (Wildman–Crippen LogP) is 11.8. The van der Waals surface area contributed by atoms with Crippen LogP contribution < -0.4 is 0 Å². The lowest BCUT2D eigenvalue weighted by atomic mass is 9.33. The Hall–Kier alpha value is -2.18. The maximum atomic E-state index is 13.6. The van der Waals surface area contributed by atoms with Crippen LogP contribution in [0.15, 0.2) is 29.3 Å². The number of hydrogen-bond acceptors (Lipinski definition) is 6. The number of ether oxygens (including phenoxy) is 2. The Kier molecular flexibility index (Phi) is 11.8. The zero-order chi connectivity index (χ0) is 43.1. The number of allylic oxidation sites excluding steroid dienone is 1. The van der Waals surface area contributed by atoms with Gasteiger partial charge in [0.25, 0.3) is 0 Å². The van der Waals surface area contributed by atoms with E-state index in [2.05, 4.69) is 78.5 Å². The quantitative estimate of drug-likeness (QED) is 0.187. The van der Waals surface area contributed by atoms with E-state index in [4.69, 9.17) is 9.47 Å².